The van der Waals surface area contributed by atoms with Crippen LogP contribution in [0.2, 0.25) is 5.02 Å². The topological polar surface area (TPSA) is 64.7 Å². The molecule has 1 aromatic carbocycles. The second kappa shape index (κ2) is 4.75. The summed E-state index contributed by atoms with van der Waals surface area (Å²) in [7, 11) is 1.38. The fourth-order valence-electron chi connectivity index (χ4n) is 1.15. The second-order valence-electron chi connectivity index (χ2n) is 2.78. The lowest BCUT2D eigenvalue weighted by Gasteiger charge is -2.01. The first kappa shape index (κ1) is 11.5. The molecule has 0 heterocycles. The first-order chi connectivity index (χ1) is 7.06. The van der Waals surface area contributed by atoms with Crippen molar-refractivity contribution >= 4 is 23.0 Å². The zero-order valence-corrected chi connectivity index (χ0v) is 8.99. The molecule has 0 saturated heterocycles. The zero-order valence-electron chi connectivity index (χ0n) is 8.23. The monoisotopic (exact) mass is 228 g/mol. The summed E-state index contributed by atoms with van der Waals surface area (Å²) in [6.45, 7) is 1.62. The maximum absolute atomic E-state index is 10.7. The molecule has 0 aliphatic heterocycles. The Hall–Kier alpha value is -1.62. The van der Waals surface area contributed by atoms with E-state index in [0.29, 0.717) is 16.3 Å². The van der Waals surface area contributed by atoms with Gasteiger partial charge in [0, 0.05) is 11.1 Å². The van der Waals surface area contributed by atoms with E-state index in [1.165, 1.54) is 13.2 Å². The van der Waals surface area contributed by atoms with Gasteiger partial charge in [-0.05, 0) is 19.1 Å². The summed E-state index contributed by atoms with van der Waals surface area (Å²) in [6, 6.07) is 4.39. The van der Waals surface area contributed by atoms with Crippen LogP contribution >= 0.6 is 11.6 Å². The van der Waals surface area contributed by atoms with Gasteiger partial charge in [-0.3, -0.25) is 10.1 Å². The highest BCUT2D eigenvalue weighted by atomic mass is 35.5. The average molecular weight is 229 g/mol. The molecule has 0 bridgehead atoms. The Bertz CT molecular complexity index is 418. The summed E-state index contributed by atoms with van der Waals surface area (Å²) in [6.07, 6.45) is 0. The van der Waals surface area contributed by atoms with Gasteiger partial charge in [-0.15, -0.1) is 0 Å². The number of hydrogen-bond acceptors (Lipinski definition) is 4. The number of benzene rings is 1. The normalized spacial score (nSPS) is 11.3. The molecule has 0 saturated carbocycles. The van der Waals surface area contributed by atoms with Gasteiger partial charge in [0.05, 0.1) is 16.2 Å². The highest BCUT2D eigenvalue weighted by Crippen LogP contribution is 2.23. The van der Waals surface area contributed by atoms with Crippen LogP contribution < -0.4 is 0 Å². The van der Waals surface area contributed by atoms with Crippen LogP contribution in [-0.2, 0) is 4.84 Å². The van der Waals surface area contributed by atoms with Crippen molar-refractivity contribution in [1.29, 1.82) is 0 Å². The predicted octanol–water partition coefficient (Wildman–Crippen LogP) is 2.62. The summed E-state index contributed by atoms with van der Waals surface area (Å²) >= 11 is 5.67. The average Bonchev–Trinajstić information content (AvgIpc) is 2.17. The smallest absolute Gasteiger partial charge is 0.280 e. The van der Waals surface area contributed by atoms with Crippen LogP contribution in [0.15, 0.2) is 23.4 Å². The van der Waals surface area contributed by atoms with Gasteiger partial charge in [0.25, 0.3) is 5.69 Å². The number of halogens is 1. The highest BCUT2D eigenvalue weighted by molar-refractivity contribution is 6.31. The fraction of sp³-hybridized carbons (Fsp3) is 0.222. The van der Waals surface area contributed by atoms with E-state index in [1.807, 2.05) is 0 Å². The highest BCUT2D eigenvalue weighted by Gasteiger charge is 2.16. The molecule has 1 rings (SSSR count). The number of nitrogens with zero attached hydrogens (tertiary/aromatic N) is 2. The van der Waals surface area contributed by atoms with Crippen LogP contribution in [0.4, 0.5) is 5.69 Å². The van der Waals surface area contributed by atoms with E-state index in [1.54, 1.807) is 19.1 Å². The van der Waals surface area contributed by atoms with E-state index in [0.717, 1.165) is 0 Å². The molecule has 80 valence electrons. The largest absolute Gasteiger partial charge is 0.399 e. The molecule has 0 unspecified atom stereocenters. The summed E-state index contributed by atoms with van der Waals surface area (Å²) in [4.78, 5) is 14.8. The Kier molecular flexibility index (Phi) is 3.62. The molecular formula is C9H9ClN2O3. The predicted molar refractivity (Wildman–Crippen MR) is 57.3 cm³/mol. The van der Waals surface area contributed by atoms with E-state index in [9.17, 15) is 10.1 Å². The van der Waals surface area contributed by atoms with Gasteiger partial charge in [-0.25, -0.2) is 0 Å². The number of rotatable bonds is 3. The minimum atomic E-state index is -0.504. The molecule has 0 N–H and O–H groups in total. The van der Waals surface area contributed by atoms with E-state index in [2.05, 4.69) is 9.99 Å². The van der Waals surface area contributed by atoms with Gasteiger partial charge in [-0.1, -0.05) is 16.8 Å². The molecule has 0 radical (unpaired) electrons. The van der Waals surface area contributed by atoms with Crippen molar-refractivity contribution in [2.45, 2.75) is 6.92 Å². The lowest BCUT2D eigenvalue weighted by atomic mass is 10.1. The summed E-state index contributed by atoms with van der Waals surface area (Å²) < 4.78 is 0. The van der Waals surface area contributed by atoms with Crippen molar-refractivity contribution in [3.63, 3.8) is 0 Å². The van der Waals surface area contributed by atoms with Gasteiger partial charge in [0.2, 0.25) is 0 Å². The molecule has 0 fully saturated rings. The Morgan fingerprint density at radius 3 is 2.80 bits per heavy atom. The third kappa shape index (κ3) is 2.66. The number of nitro groups is 1. The Morgan fingerprint density at radius 1 is 1.60 bits per heavy atom. The van der Waals surface area contributed by atoms with Crippen LogP contribution in [0, 0.1) is 10.1 Å². The molecule has 0 amide bonds. The number of nitro benzene ring substituents is 1. The third-order valence-electron chi connectivity index (χ3n) is 1.77. The molecule has 0 spiro atoms. The SMILES string of the molecule is CO/N=C(/C)c1ccc(Cl)cc1[N+](=O)[O-]. The van der Waals surface area contributed by atoms with E-state index in [-0.39, 0.29) is 5.69 Å². The van der Waals surface area contributed by atoms with Crippen molar-refractivity contribution in [3.05, 3.63) is 38.9 Å². The van der Waals surface area contributed by atoms with E-state index < -0.39 is 4.92 Å². The summed E-state index contributed by atoms with van der Waals surface area (Å²) in [5, 5.41) is 14.7. The maximum Gasteiger partial charge on any atom is 0.280 e. The van der Waals surface area contributed by atoms with Crippen molar-refractivity contribution in [2.24, 2.45) is 5.16 Å². The van der Waals surface area contributed by atoms with Crippen LogP contribution in [0.5, 0.6) is 0 Å². The summed E-state index contributed by atoms with van der Waals surface area (Å²) in [5.41, 5.74) is 0.743. The molecule has 15 heavy (non-hydrogen) atoms. The lowest BCUT2D eigenvalue weighted by Crippen LogP contribution is -2.01. The number of hydrogen-bond donors (Lipinski definition) is 0. The second-order valence-corrected chi connectivity index (χ2v) is 3.21. The first-order valence-corrected chi connectivity index (χ1v) is 4.46. The molecule has 5 nitrogen and oxygen atoms in total. The van der Waals surface area contributed by atoms with Crippen LogP contribution in [-0.4, -0.2) is 17.7 Å². The first-order valence-electron chi connectivity index (χ1n) is 4.08. The Balaban J connectivity index is 3.29. The minimum absolute atomic E-state index is 0.0826. The maximum atomic E-state index is 10.7. The minimum Gasteiger partial charge on any atom is -0.399 e. The van der Waals surface area contributed by atoms with Crippen LogP contribution in [0.3, 0.4) is 0 Å². The van der Waals surface area contributed by atoms with Gasteiger partial charge in [0.1, 0.15) is 7.11 Å². The van der Waals surface area contributed by atoms with E-state index >= 15 is 0 Å². The quantitative estimate of drug-likeness (QED) is 0.454. The summed E-state index contributed by atoms with van der Waals surface area (Å²) in [5.74, 6) is 0. The molecule has 1 aromatic rings. The van der Waals surface area contributed by atoms with E-state index in [4.69, 9.17) is 11.6 Å². The van der Waals surface area contributed by atoms with Crippen molar-refractivity contribution in [1.82, 2.24) is 0 Å². The molecule has 0 aromatic heterocycles. The fourth-order valence-corrected chi connectivity index (χ4v) is 1.31. The van der Waals surface area contributed by atoms with Crippen LogP contribution in [0.1, 0.15) is 12.5 Å². The Labute approximate surface area is 91.4 Å². The van der Waals surface area contributed by atoms with Crippen molar-refractivity contribution in [2.75, 3.05) is 7.11 Å². The third-order valence-corrected chi connectivity index (χ3v) is 2.01. The van der Waals surface area contributed by atoms with Crippen molar-refractivity contribution < 1.29 is 9.76 Å². The van der Waals surface area contributed by atoms with Gasteiger partial charge in [-0.2, -0.15) is 0 Å². The molecule has 0 aliphatic carbocycles. The lowest BCUT2D eigenvalue weighted by molar-refractivity contribution is -0.385. The van der Waals surface area contributed by atoms with Crippen LogP contribution in [0.25, 0.3) is 0 Å². The molecule has 0 aliphatic rings. The molecular weight excluding hydrogens is 220 g/mol. The van der Waals surface area contributed by atoms with Gasteiger partial charge >= 0.3 is 0 Å². The standard InChI is InChI=1S/C9H9ClN2O3/c1-6(11-15-2)8-4-3-7(10)5-9(8)12(13)14/h3-5H,1-2H3/b11-6-. The van der Waals surface area contributed by atoms with Crippen molar-refractivity contribution in [3.8, 4) is 0 Å². The molecule has 6 heteroatoms. The Morgan fingerprint density at radius 2 is 2.27 bits per heavy atom. The van der Waals surface area contributed by atoms with Gasteiger partial charge < -0.3 is 4.84 Å². The molecule has 0 atom stereocenters. The zero-order chi connectivity index (χ0) is 11.4. The van der Waals surface area contributed by atoms with Gasteiger partial charge in [0.15, 0.2) is 0 Å². The number of oxime groups is 1.